The highest BCUT2D eigenvalue weighted by Gasteiger charge is 2.21. The summed E-state index contributed by atoms with van der Waals surface area (Å²) in [6.07, 6.45) is 0. The number of halogens is 1. The number of rotatable bonds is 5. The molecular formula is C21H17BrO7. The third-order valence-electron chi connectivity index (χ3n) is 4.02. The second kappa shape index (κ2) is 8.48. The minimum absolute atomic E-state index is 0.0455. The zero-order valence-corrected chi connectivity index (χ0v) is 17.5. The Morgan fingerprint density at radius 3 is 2.21 bits per heavy atom. The minimum atomic E-state index is -0.624. The van der Waals surface area contributed by atoms with Crippen molar-refractivity contribution in [1.82, 2.24) is 0 Å². The van der Waals surface area contributed by atoms with Crippen molar-refractivity contribution in [2.45, 2.75) is 19.2 Å². The van der Waals surface area contributed by atoms with Crippen LogP contribution in [0.4, 0.5) is 0 Å². The zero-order valence-electron chi connectivity index (χ0n) is 15.9. The Hall–Kier alpha value is -3.13. The highest BCUT2D eigenvalue weighted by molar-refractivity contribution is 9.08. The van der Waals surface area contributed by atoms with Crippen molar-refractivity contribution in [3.63, 3.8) is 0 Å². The van der Waals surface area contributed by atoms with E-state index in [4.69, 9.17) is 18.6 Å². The number of benzene rings is 2. The summed E-state index contributed by atoms with van der Waals surface area (Å²) in [5.74, 6) is -0.109. The van der Waals surface area contributed by atoms with E-state index in [1.54, 1.807) is 31.4 Å². The van der Waals surface area contributed by atoms with Gasteiger partial charge in [0.2, 0.25) is 5.43 Å². The molecule has 29 heavy (non-hydrogen) atoms. The smallest absolute Gasteiger partial charge is 0.308 e. The second-order valence-corrected chi connectivity index (χ2v) is 6.63. The van der Waals surface area contributed by atoms with Gasteiger partial charge in [-0.15, -0.1) is 0 Å². The average Bonchev–Trinajstić information content (AvgIpc) is 2.66. The van der Waals surface area contributed by atoms with E-state index in [0.717, 1.165) is 0 Å². The van der Waals surface area contributed by atoms with Crippen LogP contribution >= 0.6 is 15.9 Å². The van der Waals surface area contributed by atoms with Crippen molar-refractivity contribution in [3.05, 3.63) is 52.4 Å². The molecule has 8 heteroatoms. The first kappa shape index (κ1) is 20.6. The Morgan fingerprint density at radius 2 is 1.66 bits per heavy atom. The van der Waals surface area contributed by atoms with Crippen molar-refractivity contribution in [1.29, 1.82) is 0 Å². The number of alkyl halides is 1. The second-order valence-electron chi connectivity index (χ2n) is 6.07. The van der Waals surface area contributed by atoms with Crippen LogP contribution in [0, 0.1) is 0 Å². The molecule has 2 aromatic carbocycles. The summed E-state index contributed by atoms with van der Waals surface area (Å²) in [4.78, 5) is 36.3. The summed E-state index contributed by atoms with van der Waals surface area (Å²) in [7, 11) is 1.55. The van der Waals surface area contributed by atoms with Crippen LogP contribution in [0.3, 0.4) is 0 Å². The van der Waals surface area contributed by atoms with Gasteiger partial charge in [0.15, 0.2) is 0 Å². The van der Waals surface area contributed by atoms with Gasteiger partial charge >= 0.3 is 11.9 Å². The predicted molar refractivity (Wildman–Crippen MR) is 110 cm³/mol. The Bertz CT molecular complexity index is 1150. The van der Waals surface area contributed by atoms with Crippen molar-refractivity contribution in [2.75, 3.05) is 7.11 Å². The van der Waals surface area contributed by atoms with Gasteiger partial charge in [0, 0.05) is 26.0 Å². The number of ether oxygens (including phenoxy) is 3. The number of hydrogen-bond acceptors (Lipinski definition) is 7. The van der Waals surface area contributed by atoms with Crippen LogP contribution in [-0.2, 0) is 14.9 Å². The van der Waals surface area contributed by atoms with Gasteiger partial charge in [-0.05, 0) is 17.7 Å². The third kappa shape index (κ3) is 4.32. The molecule has 0 radical (unpaired) electrons. The fourth-order valence-corrected chi connectivity index (χ4v) is 3.30. The van der Waals surface area contributed by atoms with Gasteiger partial charge in [-0.25, -0.2) is 0 Å². The normalized spacial score (nSPS) is 10.6. The molecule has 150 valence electrons. The van der Waals surface area contributed by atoms with Gasteiger partial charge in [0.05, 0.1) is 18.0 Å². The molecule has 1 aromatic heterocycles. The van der Waals surface area contributed by atoms with E-state index in [1.807, 2.05) is 0 Å². The number of carbonyl (C=O) groups excluding carboxylic acids is 2. The molecule has 0 aliphatic rings. The Balaban J connectivity index is 2.33. The molecule has 0 aliphatic carbocycles. The topological polar surface area (TPSA) is 92.0 Å². The summed E-state index contributed by atoms with van der Waals surface area (Å²) in [6, 6.07) is 9.66. The quantitative estimate of drug-likeness (QED) is 0.319. The van der Waals surface area contributed by atoms with Crippen molar-refractivity contribution in [2.24, 2.45) is 0 Å². The predicted octanol–water partition coefficient (Wildman–Crippen LogP) is 4.21. The van der Waals surface area contributed by atoms with Crippen LogP contribution in [-0.4, -0.2) is 19.0 Å². The summed E-state index contributed by atoms with van der Waals surface area (Å²) in [5.41, 5.74) is 0.701. The molecular weight excluding hydrogens is 444 g/mol. The lowest BCUT2D eigenvalue weighted by Crippen LogP contribution is -2.12. The highest BCUT2D eigenvalue weighted by Crippen LogP contribution is 2.34. The van der Waals surface area contributed by atoms with Gasteiger partial charge in [-0.1, -0.05) is 28.1 Å². The SMILES string of the molecule is COc1ccc(-c2c(CBr)oc3cc(OC(C)=O)cc(OC(C)=O)c3c2=O)cc1. The molecule has 0 unspecified atom stereocenters. The maximum absolute atomic E-state index is 13.4. The van der Waals surface area contributed by atoms with Gasteiger partial charge < -0.3 is 18.6 Å². The summed E-state index contributed by atoms with van der Waals surface area (Å²) in [6.45, 7) is 2.45. The molecule has 0 atom stereocenters. The first-order chi connectivity index (χ1) is 13.8. The van der Waals surface area contributed by atoms with Crippen LogP contribution in [0.2, 0.25) is 0 Å². The van der Waals surface area contributed by atoms with E-state index in [-0.39, 0.29) is 33.2 Å². The van der Waals surface area contributed by atoms with Gasteiger partial charge in [0.25, 0.3) is 0 Å². The number of carbonyl (C=O) groups is 2. The average molecular weight is 461 g/mol. The molecule has 0 N–H and O–H groups in total. The van der Waals surface area contributed by atoms with Gasteiger partial charge in [-0.3, -0.25) is 14.4 Å². The lowest BCUT2D eigenvalue weighted by Gasteiger charge is -2.13. The fraction of sp³-hybridized carbons (Fsp3) is 0.190. The zero-order chi connectivity index (χ0) is 21.1. The molecule has 0 saturated carbocycles. The third-order valence-corrected chi connectivity index (χ3v) is 4.53. The molecule has 0 spiro atoms. The Morgan fingerprint density at radius 1 is 1.00 bits per heavy atom. The van der Waals surface area contributed by atoms with E-state index in [1.165, 1.54) is 26.0 Å². The standard InChI is InChI=1S/C21H17BrO7/c1-11(23)27-15-8-16(28-12(2)24)20-17(9-15)29-18(10-22)19(21(20)25)13-4-6-14(26-3)7-5-13/h4-9H,10H2,1-3H3. The number of methoxy groups -OCH3 is 1. The van der Waals surface area contributed by atoms with Crippen LogP contribution in [0.1, 0.15) is 19.6 Å². The molecule has 0 aliphatic heterocycles. The maximum atomic E-state index is 13.4. The Labute approximate surface area is 174 Å². The minimum Gasteiger partial charge on any atom is -0.497 e. The van der Waals surface area contributed by atoms with E-state index in [9.17, 15) is 14.4 Å². The first-order valence-corrected chi connectivity index (χ1v) is 9.67. The molecule has 0 bridgehead atoms. The maximum Gasteiger partial charge on any atom is 0.308 e. The lowest BCUT2D eigenvalue weighted by atomic mass is 10.0. The fourth-order valence-electron chi connectivity index (χ4n) is 2.91. The van der Waals surface area contributed by atoms with Crippen molar-refractivity contribution in [3.8, 4) is 28.4 Å². The van der Waals surface area contributed by atoms with Gasteiger partial charge in [0.1, 0.15) is 34.0 Å². The lowest BCUT2D eigenvalue weighted by molar-refractivity contribution is -0.132. The molecule has 7 nitrogen and oxygen atoms in total. The molecule has 0 saturated heterocycles. The monoisotopic (exact) mass is 460 g/mol. The van der Waals surface area contributed by atoms with Crippen molar-refractivity contribution >= 4 is 38.8 Å². The summed E-state index contributed by atoms with van der Waals surface area (Å²) < 4.78 is 21.4. The Kier molecular flexibility index (Phi) is 6.03. The number of hydrogen-bond donors (Lipinski definition) is 0. The van der Waals surface area contributed by atoms with E-state index in [2.05, 4.69) is 15.9 Å². The number of esters is 2. The van der Waals surface area contributed by atoms with E-state index >= 15 is 0 Å². The number of fused-ring (bicyclic) bond motifs is 1. The molecule has 0 fully saturated rings. The summed E-state index contributed by atoms with van der Waals surface area (Å²) in [5, 5.41) is 0.340. The molecule has 3 aromatic rings. The van der Waals surface area contributed by atoms with Crippen LogP contribution in [0.25, 0.3) is 22.1 Å². The largest absolute Gasteiger partial charge is 0.497 e. The van der Waals surface area contributed by atoms with Crippen LogP contribution in [0.5, 0.6) is 17.2 Å². The molecule has 1 heterocycles. The first-order valence-electron chi connectivity index (χ1n) is 8.55. The van der Waals surface area contributed by atoms with Crippen LogP contribution in [0.15, 0.2) is 45.6 Å². The molecule has 0 amide bonds. The highest BCUT2D eigenvalue weighted by atomic mass is 79.9. The van der Waals surface area contributed by atoms with Crippen LogP contribution < -0.4 is 19.6 Å². The molecule has 3 rings (SSSR count). The van der Waals surface area contributed by atoms with E-state index in [0.29, 0.717) is 22.6 Å². The van der Waals surface area contributed by atoms with E-state index < -0.39 is 11.9 Å². The van der Waals surface area contributed by atoms with Crippen molar-refractivity contribution < 1.29 is 28.2 Å². The summed E-state index contributed by atoms with van der Waals surface area (Å²) >= 11 is 3.34. The van der Waals surface area contributed by atoms with Gasteiger partial charge in [-0.2, -0.15) is 0 Å².